The summed E-state index contributed by atoms with van der Waals surface area (Å²) in [5, 5.41) is 6.53. The van der Waals surface area contributed by atoms with Crippen molar-refractivity contribution in [2.24, 2.45) is 5.41 Å². The monoisotopic (exact) mass is 508 g/mol. The summed E-state index contributed by atoms with van der Waals surface area (Å²) in [4.78, 5) is 29.6. The van der Waals surface area contributed by atoms with Gasteiger partial charge in [-0.25, -0.2) is 13.4 Å². The van der Waals surface area contributed by atoms with Crippen LogP contribution >= 0.6 is 0 Å². The van der Waals surface area contributed by atoms with Crippen LogP contribution in [0.3, 0.4) is 0 Å². The summed E-state index contributed by atoms with van der Waals surface area (Å²) in [5.74, 6) is -0.955. The second-order valence-electron chi connectivity index (χ2n) is 8.83. The van der Waals surface area contributed by atoms with Gasteiger partial charge >= 0.3 is 6.18 Å². The molecular weight excluding hydrogens is 485 g/mol. The van der Waals surface area contributed by atoms with Crippen LogP contribution in [0.1, 0.15) is 45.1 Å². The lowest BCUT2D eigenvalue weighted by Gasteiger charge is -2.22. The summed E-state index contributed by atoms with van der Waals surface area (Å²) in [5.41, 5.74) is -2.42. The number of hydrogen-bond acceptors (Lipinski definition) is 6. The largest absolute Gasteiger partial charge is 0.416 e. The summed E-state index contributed by atoms with van der Waals surface area (Å²) in [6.45, 7) is 3.24. The number of pyridine rings is 1. The molecule has 2 heterocycles. The Morgan fingerprint density at radius 2 is 1.86 bits per heavy atom. The fraction of sp³-hybridized carbons (Fsp3) is 0.391. The van der Waals surface area contributed by atoms with Crippen molar-refractivity contribution in [3.05, 3.63) is 52.6 Å². The third-order valence-corrected chi connectivity index (χ3v) is 8.11. The van der Waals surface area contributed by atoms with Gasteiger partial charge in [-0.2, -0.15) is 23.0 Å². The Kier molecular flexibility index (Phi) is 6.20. The van der Waals surface area contributed by atoms with Gasteiger partial charge < -0.3 is 5.32 Å². The van der Waals surface area contributed by atoms with Crippen LogP contribution in [0.25, 0.3) is 16.6 Å². The molecule has 12 heteroatoms. The Bertz CT molecular complexity index is 1480. The average Bonchev–Trinajstić information content (AvgIpc) is 3.26. The molecule has 35 heavy (non-hydrogen) atoms. The molecule has 1 fully saturated rings. The van der Waals surface area contributed by atoms with Crippen LogP contribution in [0.4, 0.5) is 18.9 Å². The maximum absolute atomic E-state index is 13.2. The van der Waals surface area contributed by atoms with Crippen LogP contribution in [0.15, 0.2) is 46.3 Å². The highest BCUT2D eigenvalue weighted by atomic mass is 32.2. The summed E-state index contributed by atoms with van der Waals surface area (Å²) in [6.07, 6.45) is 0.954. The molecule has 4 rings (SSSR count). The second kappa shape index (κ2) is 8.74. The van der Waals surface area contributed by atoms with E-state index in [1.54, 1.807) is 0 Å². The van der Waals surface area contributed by atoms with Gasteiger partial charge in [0.1, 0.15) is 4.90 Å². The van der Waals surface area contributed by atoms with Crippen LogP contribution in [0.5, 0.6) is 0 Å². The fourth-order valence-electron chi connectivity index (χ4n) is 4.18. The van der Waals surface area contributed by atoms with Crippen LogP contribution in [-0.4, -0.2) is 34.8 Å². The van der Waals surface area contributed by atoms with Gasteiger partial charge in [0.25, 0.3) is 5.56 Å². The standard InChI is InChI=1S/C23H23F3N4O4S/c1-3-35(33,34)18-11-16(29-21(32)22(2)8-4-5-9-22)13-27-19(18)30-20(31)17-10-15(23(24,25)26)7-6-14(17)12-28-30/h6-7,10-13H,3-5,8-9H2,1-2H3,(H,29,32). The van der Waals surface area contributed by atoms with E-state index in [0.717, 1.165) is 31.2 Å². The third-order valence-electron chi connectivity index (χ3n) is 6.38. The Balaban J connectivity index is 1.84. The van der Waals surface area contributed by atoms with Crippen molar-refractivity contribution < 1.29 is 26.4 Å². The van der Waals surface area contributed by atoms with Gasteiger partial charge in [-0.3, -0.25) is 9.59 Å². The highest BCUT2D eigenvalue weighted by molar-refractivity contribution is 7.91. The summed E-state index contributed by atoms with van der Waals surface area (Å²) in [6, 6.07) is 3.85. The highest BCUT2D eigenvalue weighted by Gasteiger charge is 2.36. The lowest BCUT2D eigenvalue weighted by Crippen LogP contribution is -2.31. The van der Waals surface area contributed by atoms with Crippen LogP contribution in [-0.2, 0) is 20.8 Å². The van der Waals surface area contributed by atoms with Crippen molar-refractivity contribution in [2.45, 2.75) is 50.6 Å². The summed E-state index contributed by atoms with van der Waals surface area (Å²) in [7, 11) is -3.96. The number of halogens is 3. The topological polar surface area (TPSA) is 111 Å². The number of benzene rings is 1. The van der Waals surface area contributed by atoms with Gasteiger partial charge in [0.2, 0.25) is 5.91 Å². The van der Waals surface area contributed by atoms with Gasteiger partial charge in [0.05, 0.1) is 34.8 Å². The van der Waals surface area contributed by atoms with Crippen molar-refractivity contribution in [2.75, 3.05) is 11.1 Å². The molecule has 0 aliphatic heterocycles. The molecule has 0 bridgehead atoms. The Morgan fingerprint density at radius 3 is 2.49 bits per heavy atom. The number of amides is 1. The number of rotatable bonds is 5. The number of carbonyl (C=O) groups is 1. The number of nitrogens with one attached hydrogen (secondary N) is 1. The van der Waals surface area contributed by atoms with Crippen molar-refractivity contribution in [3.63, 3.8) is 0 Å². The molecule has 1 aliphatic carbocycles. The first-order valence-corrected chi connectivity index (χ1v) is 12.6. The van der Waals surface area contributed by atoms with Crippen molar-refractivity contribution in [3.8, 4) is 5.82 Å². The molecule has 3 aromatic rings. The average molecular weight is 509 g/mol. The number of sulfone groups is 1. The molecule has 0 spiro atoms. The van der Waals surface area contributed by atoms with Crippen molar-refractivity contribution >= 4 is 32.2 Å². The minimum atomic E-state index is -4.67. The number of nitrogens with zero attached hydrogens (tertiary/aromatic N) is 3. The van der Waals surface area contributed by atoms with Crippen LogP contribution in [0, 0.1) is 5.41 Å². The number of hydrogen-bond donors (Lipinski definition) is 1. The summed E-state index contributed by atoms with van der Waals surface area (Å²) < 4.78 is 65.9. The minimum absolute atomic E-state index is 0.132. The molecule has 0 atom stereocenters. The Hall–Kier alpha value is -3.28. The van der Waals surface area contributed by atoms with Crippen LogP contribution < -0.4 is 10.9 Å². The maximum atomic E-state index is 13.2. The lowest BCUT2D eigenvalue weighted by atomic mass is 9.88. The zero-order valence-electron chi connectivity index (χ0n) is 19.0. The SMILES string of the molecule is CCS(=O)(=O)c1cc(NC(=O)C2(C)CCCC2)cnc1-n1ncc2ccc(C(F)(F)F)cc2c1=O. The molecule has 0 saturated heterocycles. The molecule has 1 N–H and O–H groups in total. The smallest absolute Gasteiger partial charge is 0.324 e. The first-order chi connectivity index (χ1) is 16.4. The minimum Gasteiger partial charge on any atom is -0.324 e. The molecule has 0 unspecified atom stereocenters. The van der Waals surface area contributed by atoms with E-state index in [2.05, 4.69) is 15.4 Å². The second-order valence-corrected chi connectivity index (χ2v) is 11.1. The lowest BCUT2D eigenvalue weighted by molar-refractivity contribution is -0.137. The van der Waals surface area contributed by atoms with Gasteiger partial charge in [0.15, 0.2) is 15.7 Å². The number of alkyl halides is 3. The molecule has 1 amide bonds. The van der Waals surface area contributed by atoms with E-state index in [-0.39, 0.29) is 38.8 Å². The molecule has 0 radical (unpaired) electrons. The van der Waals surface area contributed by atoms with E-state index in [0.29, 0.717) is 23.6 Å². The number of fused-ring (bicyclic) bond motifs is 1. The molecular formula is C23H23F3N4O4S. The van der Waals surface area contributed by atoms with E-state index in [4.69, 9.17) is 0 Å². The molecule has 1 aromatic carbocycles. The number of carbonyl (C=O) groups excluding carboxylic acids is 1. The van der Waals surface area contributed by atoms with Crippen molar-refractivity contribution in [1.82, 2.24) is 14.8 Å². The quantitative estimate of drug-likeness (QED) is 0.555. The Labute approximate surface area is 199 Å². The van der Waals surface area contributed by atoms with E-state index < -0.39 is 32.6 Å². The molecule has 1 saturated carbocycles. The van der Waals surface area contributed by atoms with Gasteiger partial charge in [-0.15, -0.1) is 0 Å². The fourth-order valence-corrected chi connectivity index (χ4v) is 5.22. The van der Waals surface area contributed by atoms with Gasteiger partial charge in [0, 0.05) is 10.8 Å². The van der Waals surface area contributed by atoms with Crippen molar-refractivity contribution in [1.29, 1.82) is 0 Å². The van der Waals surface area contributed by atoms with Crippen LogP contribution in [0.2, 0.25) is 0 Å². The van der Waals surface area contributed by atoms with Gasteiger partial charge in [-0.1, -0.05) is 32.8 Å². The molecule has 186 valence electrons. The predicted octanol–water partition coefficient (Wildman–Crippen LogP) is 4.11. The number of aromatic nitrogens is 3. The Morgan fingerprint density at radius 1 is 1.17 bits per heavy atom. The summed E-state index contributed by atoms with van der Waals surface area (Å²) >= 11 is 0. The van der Waals surface area contributed by atoms with Gasteiger partial charge in [-0.05, 0) is 31.0 Å². The number of anilines is 1. The van der Waals surface area contributed by atoms with E-state index in [9.17, 15) is 31.2 Å². The predicted molar refractivity (Wildman–Crippen MR) is 123 cm³/mol. The maximum Gasteiger partial charge on any atom is 0.416 e. The zero-order chi connectivity index (χ0) is 25.6. The third kappa shape index (κ3) is 4.66. The zero-order valence-corrected chi connectivity index (χ0v) is 19.8. The first-order valence-electron chi connectivity index (χ1n) is 11.0. The molecule has 2 aromatic heterocycles. The van der Waals surface area contributed by atoms with E-state index in [1.165, 1.54) is 19.2 Å². The van der Waals surface area contributed by atoms with E-state index >= 15 is 0 Å². The van der Waals surface area contributed by atoms with E-state index in [1.807, 2.05) is 6.92 Å². The first kappa shape index (κ1) is 24.8. The highest BCUT2D eigenvalue weighted by Crippen LogP contribution is 2.38. The molecule has 1 aliphatic rings. The normalized spacial score (nSPS) is 15.9. The molecule has 8 nitrogen and oxygen atoms in total.